The smallest absolute Gasteiger partial charge is 0.370 e. The average molecular weight is 448 g/mol. The Bertz CT molecular complexity index is 990. The molecule has 172 valence electrons. The van der Waals surface area contributed by atoms with E-state index in [1.54, 1.807) is 37.6 Å². The first-order chi connectivity index (χ1) is 15.2. The van der Waals surface area contributed by atoms with Crippen molar-refractivity contribution in [2.24, 2.45) is 0 Å². The lowest BCUT2D eigenvalue weighted by Crippen LogP contribution is -2.59. The van der Waals surface area contributed by atoms with Crippen LogP contribution in [0.2, 0.25) is 0 Å². The van der Waals surface area contributed by atoms with Crippen LogP contribution in [0.5, 0.6) is 5.75 Å². The first-order valence-electron chi connectivity index (χ1n) is 9.67. The van der Waals surface area contributed by atoms with E-state index in [0.717, 1.165) is 11.6 Å². The standard InChI is InChI=1S/C20H24N4O8/c1-10(25)21-17-14(26)7-16(20(29)30)32-19(17)18(28)15(27)9-24-8-13(22-23-24)11-3-5-12(31-2)6-4-11/h3-8,14-15,17-19,26-28H,9H2,1-2H3,(H,21,25)(H,29,30)/t14-,15+,17+,18+,19+/m0/s1. The number of carbonyl (C=O) groups excluding carboxylic acids is 1. The SMILES string of the molecule is COc1ccc(-c2cn(C[C@@H](O)[C@@H](O)[C@@H]3OC(C(=O)O)=C[C@H](O)[C@H]3NC(C)=O)nn2)cc1. The van der Waals surface area contributed by atoms with Gasteiger partial charge in [0.2, 0.25) is 11.7 Å². The summed E-state index contributed by atoms with van der Waals surface area (Å²) in [7, 11) is 1.55. The second kappa shape index (κ2) is 9.77. The highest BCUT2D eigenvalue weighted by Crippen LogP contribution is 2.24. The molecule has 12 heteroatoms. The largest absolute Gasteiger partial charge is 0.497 e. The van der Waals surface area contributed by atoms with Crippen molar-refractivity contribution >= 4 is 11.9 Å². The molecule has 1 aliphatic rings. The first kappa shape index (κ1) is 23.2. The number of aliphatic hydroxyl groups excluding tert-OH is 3. The van der Waals surface area contributed by atoms with Gasteiger partial charge in [0.15, 0.2) is 6.10 Å². The van der Waals surface area contributed by atoms with E-state index < -0.39 is 48.1 Å². The fraction of sp³-hybridized carbons (Fsp3) is 0.400. The van der Waals surface area contributed by atoms with Crippen molar-refractivity contribution in [3.05, 3.63) is 42.3 Å². The van der Waals surface area contributed by atoms with Crippen LogP contribution in [-0.4, -0.2) is 84.9 Å². The second-order valence-corrected chi connectivity index (χ2v) is 7.25. The molecule has 0 spiro atoms. The number of aliphatic hydroxyl groups is 3. The predicted molar refractivity (Wildman–Crippen MR) is 108 cm³/mol. The Morgan fingerprint density at radius 2 is 1.97 bits per heavy atom. The summed E-state index contributed by atoms with van der Waals surface area (Å²) in [5.74, 6) is -1.91. The Kier molecular flexibility index (Phi) is 7.08. The lowest BCUT2D eigenvalue weighted by atomic mass is 9.93. The minimum atomic E-state index is -1.67. The number of rotatable bonds is 8. The molecule has 1 aromatic carbocycles. The number of benzene rings is 1. The molecule has 0 bridgehead atoms. The maximum atomic E-state index is 11.5. The molecule has 0 radical (unpaired) electrons. The van der Waals surface area contributed by atoms with Gasteiger partial charge < -0.3 is 35.2 Å². The number of hydrogen-bond acceptors (Lipinski definition) is 9. The number of ether oxygens (including phenoxy) is 2. The normalized spacial score (nSPS) is 22.3. The topological polar surface area (TPSA) is 176 Å². The van der Waals surface area contributed by atoms with Gasteiger partial charge in [-0.05, 0) is 30.3 Å². The maximum Gasteiger partial charge on any atom is 0.370 e. The van der Waals surface area contributed by atoms with Crippen molar-refractivity contribution in [3.8, 4) is 17.0 Å². The van der Waals surface area contributed by atoms with Crippen LogP contribution in [0, 0.1) is 0 Å². The molecule has 2 aromatic rings. The maximum absolute atomic E-state index is 11.5. The average Bonchev–Trinajstić information content (AvgIpc) is 3.22. The number of carboxylic acid groups (broad SMARTS) is 1. The number of aliphatic carboxylic acids is 1. The van der Waals surface area contributed by atoms with Crippen LogP contribution >= 0.6 is 0 Å². The minimum Gasteiger partial charge on any atom is -0.497 e. The molecule has 0 unspecified atom stereocenters. The molecule has 0 aliphatic carbocycles. The second-order valence-electron chi connectivity index (χ2n) is 7.25. The zero-order valence-electron chi connectivity index (χ0n) is 17.3. The van der Waals surface area contributed by atoms with Gasteiger partial charge in [-0.15, -0.1) is 5.10 Å². The molecule has 0 saturated heterocycles. The number of amides is 1. The van der Waals surface area contributed by atoms with Crippen molar-refractivity contribution in [3.63, 3.8) is 0 Å². The Hall–Kier alpha value is -3.48. The summed E-state index contributed by atoms with van der Waals surface area (Å²) < 4.78 is 11.7. The molecule has 2 heterocycles. The van der Waals surface area contributed by atoms with Crippen LogP contribution < -0.4 is 10.1 Å². The van der Waals surface area contributed by atoms with Crippen molar-refractivity contribution in [2.45, 2.75) is 43.9 Å². The zero-order valence-corrected chi connectivity index (χ0v) is 17.3. The Labute approximate surface area is 182 Å². The van der Waals surface area contributed by atoms with Crippen LogP contribution in [0.3, 0.4) is 0 Å². The van der Waals surface area contributed by atoms with Crippen molar-refractivity contribution in [1.82, 2.24) is 20.3 Å². The third-order valence-electron chi connectivity index (χ3n) is 4.92. The highest BCUT2D eigenvalue weighted by Gasteiger charge is 2.43. The number of nitrogens with one attached hydrogen (secondary N) is 1. The number of nitrogens with zero attached hydrogens (tertiary/aromatic N) is 3. The quantitative estimate of drug-likeness (QED) is 0.333. The van der Waals surface area contributed by atoms with Crippen LogP contribution in [0.1, 0.15) is 6.92 Å². The van der Waals surface area contributed by atoms with Gasteiger partial charge in [-0.3, -0.25) is 4.79 Å². The summed E-state index contributed by atoms with van der Waals surface area (Å²) in [6.45, 7) is 0.984. The molecular formula is C20H24N4O8. The summed E-state index contributed by atoms with van der Waals surface area (Å²) in [6, 6.07) is 5.91. The van der Waals surface area contributed by atoms with Crippen LogP contribution in [0.4, 0.5) is 0 Å². The Morgan fingerprint density at radius 1 is 1.28 bits per heavy atom. The first-order valence-corrected chi connectivity index (χ1v) is 9.67. The summed E-state index contributed by atoms with van der Waals surface area (Å²) in [6.07, 6.45) is -3.55. The highest BCUT2D eigenvalue weighted by atomic mass is 16.5. The van der Waals surface area contributed by atoms with E-state index in [2.05, 4.69) is 15.6 Å². The molecule has 0 fully saturated rings. The van der Waals surface area contributed by atoms with E-state index in [4.69, 9.17) is 9.47 Å². The van der Waals surface area contributed by atoms with Crippen molar-refractivity contribution in [2.75, 3.05) is 7.11 Å². The summed E-state index contributed by atoms with van der Waals surface area (Å²) in [5, 5.41) is 51.0. The van der Waals surface area contributed by atoms with E-state index in [9.17, 15) is 30.0 Å². The van der Waals surface area contributed by atoms with Gasteiger partial charge in [-0.25, -0.2) is 9.48 Å². The fourth-order valence-corrected chi connectivity index (χ4v) is 3.32. The predicted octanol–water partition coefficient (Wildman–Crippen LogP) is -1.09. The van der Waals surface area contributed by atoms with Crippen LogP contribution in [-0.2, 0) is 20.9 Å². The lowest BCUT2D eigenvalue weighted by molar-refractivity contribution is -0.148. The summed E-state index contributed by atoms with van der Waals surface area (Å²) in [5.41, 5.74) is 1.28. The summed E-state index contributed by atoms with van der Waals surface area (Å²) in [4.78, 5) is 22.8. The van der Waals surface area contributed by atoms with Crippen LogP contribution in [0.25, 0.3) is 11.3 Å². The van der Waals surface area contributed by atoms with Gasteiger partial charge in [0.05, 0.1) is 25.9 Å². The molecule has 1 amide bonds. The van der Waals surface area contributed by atoms with E-state index >= 15 is 0 Å². The molecule has 1 aliphatic heterocycles. The third kappa shape index (κ3) is 5.22. The third-order valence-corrected chi connectivity index (χ3v) is 4.92. The van der Waals surface area contributed by atoms with E-state index in [-0.39, 0.29) is 6.54 Å². The van der Waals surface area contributed by atoms with Crippen molar-refractivity contribution < 1.29 is 39.5 Å². The minimum absolute atomic E-state index is 0.209. The fourth-order valence-electron chi connectivity index (χ4n) is 3.32. The molecule has 5 N–H and O–H groups in total. The van der Waals surface area contributed by atoms with E-state index in [1.165, 1.54) is 11.6 Å². The number of carbonyl (C=O) groups is 2. The highest BCUT2D eigenvalue weighted by molar-refractivity contribution is 5.84. The molecule has 12 nitrogen and oxygen atoms in total. The zero-order chi connectivity index (χ0) is 23.4. The molecule has 32 heavy (non-hydrogen) atoms. The van der Waals surface area contributed by atoms with Gasteiger partial charge in [0, 0.05) is 12.5 Å². The van der Waals surface area contributed by atoms with Gasteiger partial charge in [0.1, 0.15) is 29.8 Å². The molecule has 0 saturated carbocycles. The molecule has 1 aromatic heterocycles. The molecule has 3 rings (SSSR count). The van der Waals surface area contributed by atoms with Gasteiger partial charge in [0.25, 0.3) is 0 Å². The number of carboxylic acids is 1. The van der Waals surface area contributed by atoms with Gasteiger partial charge in [-0.2, -0.15) is 0 Å². The Balaban J connectivity index is 1.74. The molecule has 5 atom stereocenters. The van der Waals surface area contributed by atoms with Gasteiger partial charge >= 0.3 is 5.97 Å². The number of hydrogen-bond donors (Lipinski definition) is 5. The number of methoxy groups -OCH3 is 1. The lowest BCUT2D eigenvalue weighted by Gasteiger charge is -2.38. The Morgan fingerprint density at radius 3 is 2.56 bits per heavy atom. The molecular weight excluding hydrogens is 424 g/mol. The summed E-state index contributed by atoms with van der Waals surface area (Å²) >= 11 is 0. The van der Waals surface area contributed by atoms with Crippen molar-refractivity contribution in [1.29, 1.82) is 0 Å². The van der Waals surface area contributed by atoms with E-state index in [1.807, 2.05) is 0 Å². The number of aromatic nitrogens is 3. The van der Waals surface area contributed by atoms with Gasteiger partial charge in [-0.1, -0.05) is 5.21 Å². The monoisotopic (exact) mass is 448 g/mol. The van der Waals surface area contributed by atoms with E-state index in [0.29, 0.717) is 11.4 Å². The van der Waals surface area contributed by atoms with Crippen LogP contribution in [0.15, 0.2) is 42.3 Å².